The van der Waals surface area contributed by atoms with E-state index in [4.69, 9.17) is 4.74 Å². The number of hydrogen-bond acceptors (Lipinski definition) is 7. The van der Waals surface area contributed by atoms with Crippen LogP contribution in [0.5, 0.6) is 0 Å². The molecule has 0 aromatic heterocycles. The lowest BCUT2D eigenvalue weighted by Crippen LogP contribution is -2.34. The molecule has 1 heterocycles. The Balaban J connectivity index is 2.57. The van der Waals surface area contributed by atoms with Gasteiger partial charge in [-0.2, -0.15) is 4.31 Å². The Morgan fingerprint density at radius 2 is 1.75 bits per heavy atom. The van der Waals surface area contributed by atoms with Crippen LogP contribution in [0.1, 0.15) is 24.2 Å². The maximum atomic E-state index is 12.6. The highest BCUT2D eigenvalue weighted by Gasteiger charge is 2.45. The number of carbonyl (C=O) groups is 3. The van der Waals surface area contributed by atoms with Crippen LogP contribution in [0.25, 0.3) is 0 Å². The Labute approximate surface area is 138 Å². The summed E-state index contributed by atoms with van der Waals surface area (Å²) in [5.41, 5.74) is -0.798. The average Bonchev–Trinajstić information content (AvgIpc) is 2.73. The molecule has 0 aliphatic carbocycles. The van der Waals surface area contributed by atoms with E-state index in [1.807, 2.05) is 0 Å². The maximum Gasteiger partial charge on any atom is 0.356 e. The van der Waals surface area contributed by atoms with Crippen molar-refractivity contribution in [2.45, 2.75) is 18.7 Å². The number of sulfonamides is 1. The SMILES string of the molecule is CCOC(=O)/C=C(/C(=O)OCC)N1C(=O)c2ccccc2S1(=O)=O. The Kier molecular flexibility index (Phi) is 5.03. The quantitative estimate of drug-likeness (QED) is 0.570. The van der Waals surface area contributed by atoms with Gasteiger partial charge in [0.25, 0.3) is 15.9 Å². The average molecular weight is 353 g/mol. The molecule has 0 spiro atoms. The molecule has 8 nitrogen and oxygen atoms in total. The van der Waals surface area contributed by atoms with Crippen LogP contribution in [-0.2, 0) is 29.1 Å². The van der Waals surface area contributed by atoms with E-state index in [9.17, 15) is 22.8 Å². The van der Waals surface area contributed by atoms with Gasteiger partial charge in [-0.15, -0.1) is 0 Å². The smallest absolute Gasteiger partial charge is 0.356 e. The second kappa shape index (κ2) is 6.83. The van der Waals surface area contributed by atoms with Gasteiger partial charge in [0.05, 0.1) is 24.9 Å². The van der Waals surface area contributed by atoms with Crippen LogP contribution in [0, 0.1) is 0 Å². The number of ether oxygens (including phenoxy) is 2. The Hall–Kier alpha value is -2.68. The highest BCUT2D eigenvalue weighted by molar-refractivity contribution is 7.90. The first kappa shape index (κ1) is 17.7. The van der Waals surface area contributed by atoms with E-state index in [0.717, 1.165) is 0 Å². The van der Waals surface area contributed by atoms with E-state index >= 15 is 0 Å². The van der Waals surface area contributed by atoms with Crippen LogP contribution in [-0.4, -0.2) is 43.8 Å². The first-order valence-electron chi connectivity index (χ1n) is 7.08. The fraction of sp³-hybridized carbons (Fsp3) is 0.267. The van der Waals surface area contributed by atoms with Crippen LogP contribution >= 0.6 is 0 Å². The molecule has 0 fully saturated rings. The second-order valence-electron chi connectivity index (χ2n) is 4.57. The van der Waals surface area contributed by atoms with Crippen molar-refractivity contribution < 1.29 is 32.3 Å². The normalized spacial score (nSPS) is 15.8. The molecule has 1 aliphatic heterocycles. The largest absolute Gasteiger partial charge is 0.463 e. The van der Waals surface area contributed by atoms with Crippen molar-refractivity contribution in [2.24, 2.45) is 0 Å². The first-order valence-corrected chi connectivity index (χ1v) is 8.52. The minimum atomic E-state index is -4.31. The van der Waals surface area contributed by atoms with E-state index in [2.05, 4.69) is 4.74 Å². The molecule has 1 aliphatic rings. The summed E-state index contributed by atoms with van der Waals surface area (Å²) in [5.74, 6) is -3.01. The van der Waals surface area contributed by atoms with Crippen molar-refractivity contribution >= 4 is 27.9 Å². The minimum absolute atomic E-state index is 0.0202. The molecule has 2 rings (SSSR count). The zero-order chi connectivity index (χ0) is 17.9. The van der Waals surface area contributed by atoms with Crippen LogP contribution < -0.4 is 0 Å². The third-order valence-electron chi connectivity index (χ3n) is 3.06. The van der Waals surface area contributed by atoms with Crippen LogP contribution in [0.2, 0.25) is 0 Å². The number of fused-ring (bicyclic) bond motifs is 1. The number of esters is 2. The highest BCUT2D eigenvalue weighted by Crippen LogP contribution is 2.33. The highest BCUT2D eigenvalue weighted by atomic mass is 32.2. The summed E-state index contributed by atoms with van der Waals surface area (Å²) in [7, 11) is -4.31. The third kappa shape index (κ3) is 3.02. The lowest BCUT2D eigenvalue weighted by Gasteiger charge is -2.17. The van der Waals surface area contributed by atoms with Crippen molar-refractivity contribution in [3.05, 3.63) is 41.6 Å². The molecule has 24 heavy (non-hydrogen) atoms. The van der Waals surface area contributed by atoms with E-state index in [1.165, 1.54) is 31.2 Å². The zero-order valence-electron chi connectivity index (χ0n) is 13.0. The summed E-state index contributed by atoms with van der Waals surface area (Å²) in [4.78, 5) is 36.0. The van der Waals surface area contributed by atoms with Gasteiger partial charge in [0.15, 0.2) is 5.70 Å². The summed E-state index contributed by atoms with van der Waals surface area (Å²) in [6.45, 7) is 3.01. The predicted octanol–water partition coefficient (Wildman–Crippen LogP) is 0.841. The third-order valence-corrected chi connectivity index (χ3v) is 4.82. The summed E-state index contributed by atoms with van der Waals surface area (Å²) < 4.78 is 34.9. The Morgan fingerprint density at radius 1 is 1.12 bits per heavy atom. The molecule has 1 aromatic rings. The van der Waals surface area contributed by atoms with Crippen LogP contribution in [0.4, 0.5) is 0 Å². The van der Waals surface area contributed by atoms with Crippen molar-refractivity contribution in [3.63, 3.8) is 0 Å². The molecule has 1 aromatic carbocycles. The van der Waals surface area contributed by atoms with Gasteiger partial charge < -0.3 is 9.47 Å². The van der Waals surface area contributed by atoms with Gasteiger partial charge in [-0.25, -0.2) is 18.0 Å². The topological polar surface area (TPSA) is 107 Å². The Bertz CT molecular complexity index is 826. The lowest BCUT2D eigenvalue weighted by molar-refractivity contribution is -0.141. The van der Waals surface area contributed by atoms with Crippen LogP contribution in [0.15, 0.2) is 40.9 Å². The van der Waals surface area contributed by atoms with E-state index in [0.29, 0.717) is 6.08 Å². The minimum Gasteiger partial charge on any atom is -0.463 e. The standard InChI is InChI=1S/C15H15NO7S/c1-3-22-13(17)9-11(15(19)23-4-2)16-14(18)10-7-5-6-8-12(10)24(16,20)21/h5-9H,3-4H2,1-2H3/b11-9-. The second-order valence-corrected chi connectivity index (χ2v) is 6.33. The van der Waals surface area contributed by atoms with Gasteiger partial charge in [0.1, 0.15) is 4.90 Å². The summed E-state index contributed by atoms with van der Waals surface area (Å²) in [6.07, 6.45) is 0.642. The van der Waals surface area contributed by atoms with Gasteiger partial charge >= 0.3 is 11.9 Å². The number of amides is 1. The molecule has 0 atom stereocenters. The van der Waals surface area contributed by atoms with Crippen molar-refractivity contribution in [1.82, 2.24) is 4.31 Å². The molecule has 0 saturated heterocycles. The molecule has 9 heteroatoms. The molecule has 1 amide bonds. The van der Waals surface area contributed by atoms with Crippen LogP contribution in [0.3, 0.4) is 0 Å². The van der Waals surface area contributed by atoms with Crippen molar-refractivity contribution in [3.8, 4) is 0 Å². The van der Waals surface area contributed by atoms with Gasteiger partial charge in [0, 0.05) is 0 Å². The molecular weight excluding hydrogens is 338 g/mol. The number of carbonyl (C=O) groups excluding carboxylic acids is 3. The van der Waals surface area contributed by atoms with Crippen molar-refractivity contribution in [1.29, 1.82) is 0 Å². The van der Waals surface area contributed by atoms with Gasteiger partial charge in [0.2, 0.25) is 0 Å². The van der Waals surface area contributed by atoms with E-state index in [-0.39, 0.29) is 28.0 Å². The maximum absolute atomic E-state index is 12.6. The lowest BCUT2D eigenvalue weighted by atomic mass is 10.2. The molecule has 0 bridgehead atoms. The van der Waals surface area contributed by atoms with Crippen molar-refractivity contribution in [2.75, 3.05) is 13.2 Å². The molecule has 0 N–H and O–H groups in total. The summed E-state index contributed by atoms with van der Waals surface area (Å²) in [5, 5.41) is 0. The summed E-state index contributed by atoms with van der Waals surface area (Å²) >= 11 is 0. The number of hydrogen-bond donors (Lipinski definition) is 0. The van der Waals surface area contributed by atoms with Gasteiger partial charge in [-0.3, -0.25) is 4.79 Å². The predicted molar refractivity (Wildman–Crippen MR) is 81.1 cm³/mol. The zero-order valence-corrected chi connectivity index (χ0v) is 13.8. The molecule has 0 radical (unpaired) electrons. The number of nitrogens with zero attached hydrogens (tertiary/aromatic N) is 1. The first-order chi connectivity index (χ1) is 11.3. The number of benzene rings is 1. The van der Waals surface area contributed by atoms with Gasteiger partial charge in [-0.05, 0) is 26.0 Å². The number of rotatable bonds is 5. The molecule has 0 saturated carbocycles. The fourth-order valence-corrected chi connectivity index (χ4v) is 3.71. The molecule has 0 unspecified atom stereocenters. The van der Waals surface area contributed by atoms with E-state index in [1.54, 1.807) is 6.92 Å². The monoisotopic (exact) mass is 353 g/mol. The van der Waals surface area contributed by atoms with E-state index < -0.39 is 33.6 Å². The fourth-order valence-electron chi connectivity index (χ4n) is 2.13. The molecular formula is C15H15NO7S. The molecule has 128 valence electrons. The van der Waals surface area contributed by atoms with Gasteiger partial charge in [-0.1, -0.05) is 12.1 Å². The Morgan fingerprint density at radius 3 is 2.33 bits per heavy atom. The summed E-state index contributed by atoms with van der Waals surface area (Å²) in [6, 6.07) is 5.51.